The van der Waals surface area contributed by atoms with Crippen LogP contribution in [0, 0.1) is 0 Å². The van der Waals surface area contributed by atoms with Crippen LogP contribution in [0.1, 0.15) is 36.1 Å². The Morgan fingerprint density at radius 3 is 2.21 bits per heavy atom. The molecule has 14 heteroatoms. The predicted octanol–water partition coefficient (Wildman–Crippen LogP) is 5.49. The van der Waals surface area contributed by atoms with Gasteiger partial charge < -0.3 is 21.3 Å². The van der Waals surface area contributed by atoms with E-state index in [-0.39, 0.29) is 16.3 Å². The molecular formula is C34H37Cl2N11O. The number of carbonyl (C=O) groups is 1. The lowest BCUT2D eigenvalue weighted by atomic mass is 9.97. The summed E-state index contributed by atoms with van der Waals surface area (Å²) in [5, 5.41) is 17.1. The van der Waals surface area contributed by atoms with Crippen molar-refractivity contribution in [1.82, 2.24) is 45.0 Å². The average molecular weight is 687 g/mol. The molecule has 2 aromatic carbocycles. The zero-order valence-electron chi connectivity index (χ0n) is 26.6. The van der Waals surface area contributed by atoms with E-state index in [0.29, 0.717) is 11.5 Å². The predicted molar refractivity (Wildman–Crippen MR) is 189 cm³/mol. The molecule has 48 heavy (non-hydrogen) atoms. The molecule has 7 rings (SSSR count). The summed E-state index contributed by atoms with van der Waals surface area (Å²) in [6.07, 6.45) is 3.45. The number of piperazine rings is 1. The minimum absolute atomic E-state index is 0.185. The number of fused-ring (bicyclic) bond motifs is 1. The van der Waals surface area contributed by atoms with Crippen molar-refractivity contribution < 1.29 is 4.79 Å². The molecule has 2 aliphatic rings. The van der Waals surface area contributed by atoms with Crippen molar-refractivity contribution in [3.63, 3.8) is 0 Å². The first kappa shape index (κ1) is 32.2. The molecule has 0 spiro atoms. The number of hydrazine groups is 1. The molecule has 1 unspecified atom stereocenters. The van der Waals surface area contributed by atoms with Crippen LogP contribution in [0.3, 0.4) is 0 Å². The molecule has 0 aliphatic carbocycles. The van der Waals surface area contributed by atoms with Crippen molar-refractivity contribution in [3.05, 3.63) is 94.5 Å². The lowest BCUT2D eigenvalue weighted by Crippen LogP contribution is -2.54. The van der Waals surface area contributed by atoms with Crippen LogP contribution < -0.4 is 16.4 Å². The fourth-order valence-corrected chi connectivity index (χ4v) is 7.04. The van der Waals surface area contributed by atoms with Crippen molar-refractivity contribution in [2.24, 2.45) is 0 Å². The highest BCUT2D eigenvalue weighted by Gasteiger charge is 2.29. The minimum Gasteiger partial charge on any atom is -0.383 e. The van der Waals surface area contributed by atoms with Gasteiger partial charge in [-0.1, -0.05) is 77.8 Å². The van der Waals surface area contributed by atoms with Crippen molar-refractivity contribution in [2.75, 3.05) is 57.4 Å². The minimum atomic E-state index is -0.443. The van der Waals surface area contributed by atoms with Crippen molar-refractivity contribution in [2.45, 2.75) is 24.9 Å². The number of aromatic nitrogens is 5. The van der Waals surface area contributed by atoms with Crippen LogP contribution in [0.2, 0.25) is 10.3 Å². The van der Waals surface area contributed by atoms with Crippen molar-refractivity contribution in [1.29, 1.82) is 0 Å². The van der Waals surface area contributed by atoms with Crippen LogP contribution >= 0.6 is 23.2 Å². The first-order valence-corrected chi connectivity index (χ1v) is 16.8. The van der Waals surface area contributed by atoms with Gasteiger partial charge in [-0.25, -0.2) is 34.4 Å². The molecule has 3 aromatic heterocycles. The highest BCUT2D eigenvalue weighted by Crippen LogP contribution is 2.35. The Bertz CT molecular complexity index is 1870. The molecule has 0 bridgehead atoms. The Balaban J connectivity index is 1.13. The van der Waals surface area contributed by atoms with Gasteiger partial charge >= 0.3 is 6.03 Å². The second-order valence-corrected chi connectivity index (χ2v) is 13.0. The summed E-state index contributed by atoms with van der Waals surface area (Å²) in [5.41, 5.74) is 11.1. The van der Waals surface area contributed by atoms with Crippen molar-refractivity contribution in [3.8, 4) is 11.3 Å². The molecule has 5 aromatic rings. The highest BCUT2D eigenvalue weighted by molar-refractivity contribution is 6.33. The number of rotatable bonds is 7. The van der Waals surface area contributed by atoms with Gasteiger partial charge in [-0.3, -0.25) is 0 Å². The summed E-state index contributed by atoms with van der Waals surface area (Å²) < 4.78 is 2.05. The van der Waals surface area contributed by atoms with Crippen LogP contribution in [-0.4, -0.2) is 92.0 Å². The third kappa shape index (κ3) is 6.94. The van der Waals surface area contributed by atoms with Gasteiger partial charge in [0.1, 0.15) is 28.1 Å². The molecule has 248 valence electrons. The van der Waals surface area contributed by atoms with Gasteiger partial charge in [-0.15, -0.1) is 0 Å². The number of nitrogens with one attached hydrogen (secondary N) is 2. The van der Waals surface area contributed by atoms with Crippen molar-refractivity contribution >= 4 is 51.8 Å². The molecule has 1 atom stereocenters. The first-order valence-electron chi connectivity index (χ1n) is 16.1. The molecule has 2 fully saturated rings. The van der Waals surface area contributed by atoms with E-state index in [4.69, 9.17) is 34.0 Å². The van der Waals surface area contributed by atoms with E-state index in [2.05, 4.69) is 47.6 Å². The van der Waals surface area contributed by atoms with Gasteiger partial charge in [-0.2, -0.15) is 5.10 Å². The van der Waals surface area contributed by atoms with E-state index < -0.39 is 12.1 Å². The van der Waals surface area contributed by atoms with Gasteiger partial charge in [0.25, 0.3) is 0 Å². The van der Waals surface area contributed by atoms with E-state index in [1.54, 1.807) is 0 Å². The second kappa shape index (κ2) is 14.0. The number of amides is 2. The molecule has 5 heterocycles. The number of nitrogens with two attached hydrogens (primary N) is 1. The molecule has 12 nitrogen and oxygen atoms in total. The van der Waals surface area contributed by atoms with Crippen LogP contribution in [0.5, 0.6) is 0 Å². The Labute approximate surface area is 288 Å². The van der Waals surface area contributed by atoms with Crippen LogP contribution in [0.4, 0.5) is 16.3 Å². The Kier molecular flexibility index (Phi) is 9.42. The molecule has 0 radical (unpaired) electrons. The fraction of sp³-hybridized carbons (Fsp3) is 0.324. The molecule has 2 aliphatic heterocycles. The van der Waals surface area contributed by atoms with E-state index in [0.717, 1.165) is 85.5 Å². The number of hydrogen-bond acceptors (Lipinski definition) is 9. The zero-order valence-corrected chi connectivity index (χ0v) is 28.1. The van der Waals surface area contributed by atoms with Gasteiger partial charge in [0.05, 0.1) is 17.5 Å². The highest BCUT2D eigenvalue weighted by atomic mass is 35.5. The number of likely N-dealkylation sites (N-methyl/N-ethyl adjacent to an activating group) is 1. The number of carbonyl (C=O) groups excluding carboxylic acids is 1. The normalized spacial score (nSPS) is 17.4. The number of urea groups is 1. The van der Waals surface area contributed by atoms with Crippen LogP contribution in [0.15, 0.2) is 73.1 Å². The molecule has 2 saturated heterocycles. The first-order chi connectivity index (χ1) is 23.3. The third-order valence-electron chi connectivity index (χ3n) is 9.13. The number of nitrogen functional groups attached to an aromatic ring is 1. The summed E-state index contributed by atoms with van der Waals surface area (Å²) in [5.74, 6) is 0.400. The Morgan fingerprint density at radius 2 is 1.52 bits per heavy atom. The molecule has 4 N–H and O–H groups in total. The van der Waals surface area contributed by atoms with E-state index in [1.807, 2.05) is 59.3 Å². The summed E-state index contributed by atoms with van der Waals surface area (Å²) >= 11 is 12.1. The Hall–Kier alpha value is -4.33. The van der Waals surface area contributed by atoms with Crippen LogP contribution in [-0.2, 0) is 0 Å². The smallest absolute Gasteiger partial charge is 0.319 e. The lowest BCUT2D eigenvalue weighted by Gasteiger charge is -2.43. The van der Waals surface area contributed by atoms with Gasteiger partial charge in [0.2, 0.25) is 0 Å². The quantitative estimate of drug-likeness (QED) is 0.190. The largest absolute Gasteiger partial charge is 0.383 e. The van der Waals surface area contributed by atoms with E-state index in [9.17, 15) is 4.79 Å². The van der Waals surface area contributed by atoms with E-state index >= 15 is 0 Å². The fourth-order valence-electron chi connectivity index (χ4n) is 6.58. The summed E-state index contributed by atoms with van der Waals surface area (Å²) in [6, 6.07) is 20.2. The summed E-state index contributed by atoms with van der Waals surface area (Å²) in [7, 11) is 2.18. The second-order valence-electron chi connectivity index (χ2n) is 12.3. The topological polar surface area (TPSA) is 133 Å². The maximum absolute atomic E-state index is 13.2. The number of nitrogens with zero attached hydrogens (tertiary/aromatic N) is 8. The number of piperidine rings is 1. The van der Waals surface area contributed by atoms with E-state index in [1.165, 1.54) is 18.5 Å². The monoisotopic (exact) mass is 685 g/mol. The maximum Gasteiger partial charge on any atom is 0.319 e. The summed E-state index contributed by atoms with van der Waals surface area (Å²) in [6.45, 7) is 6.26. The zero-order chi connectivity index (χ0) is 33.2. The van der Waals surface area contributed by atoms with Crippen LogP contribution in [0.25, 0.3) is 22.3 Å². The third-order valence-corrected chi connectivity index (χ3v) is 9.52. The number of pyridine rings is 1. The standard InChI is InChI=1S/C34H37Cl2N11O/c1-44-15-17-46(18-16-44)45-13-11-26(12-14-45)47-33-29(32(37)38-21-39-33)31(43-47)24-9-7-23(8-10-24)30(22-5-3-2-4-6-22)42-34(48)40-25-19-27(35)41-28(36)20-25/h2-10,19-21,26,30H,11-18H2,1H3,(H2,37,38,39)(H2,40,41,42,48). The van der Waals surface area contributed by atoms with Gasteiger partial charge in [0, 0.05) is 50.5 Å². The molecular weight excluding hydrogens is 649 g/mol. The maximum atomic E-state index is 13.2. The Morgan fingerprint density at radius 1 is 0.875 bits per heavy atom. The van der Waals surface area contributed by atoms with Gasteiger partial charge in [-0.05, 0) is 43.1 Å². The lowest BCUT2D eigenvalue weighted by molar-refractivity contribution is -0.0717. The summed E-state index contributed by atoms with van der Waals surface area (Å²) in [4.78, 5) is 28.4. The molecule has 0 saturated carbocycles. The number of halogens is 2. The van der Waals surface area contributed by atoms with Gasteiger partial charge in [0.15, 0.2) is 5.65 Å². The SMILES string of the molecule is CN1CCN(N2CCC(n3nc(-c4ccc(C(NC(=O)Nc5cc(Cl)nc(Cl)c5)c5ccccc5)cc4)c4c(N)ncnc43)CC2)CC1. The molecule has 2 amide bonds. The average Bonchev–Trinajstić information content (AvgIpc) is 3.49. The number of benzene rings is 2. The number of hydrogen-bond donors (Lipinski definition) is 3. The number of anilines is 2.